The van der Waals surface area contributed by atoms with Gasteiger partial charge >= 0.3 is 0 Å². The van der Waals surface area contributed by atoms with E-state index in [0.29, 0.717) is 11.5 Å². The molecule has 0 aliphatic rings. The molecule has 2 heterocycles. The number of hydrogen-bond donors (Lipinski definition) is 1. The predicted molar refractivity (Wildman–Crippen MR) is 70.5 cm³/mol. The molecule has 0 fully saturated rings. The van der Waals surface area contributed by atoms with Gasteiger partial charge in [-0.25, -0.2) is 0 Å². The Kier molecular flexibility index (Phi) is 2.52. The summed E-state index contributed by atoms with van der Waals surface area (Å²) in [7, 11) is 1.85. The maximum atomic E-state index is 5.86. The van der Waals surface area contributed by atoms with E-state index >= 15 is 0 Å². The summed E-state index contributed by atoms with van der Waals surface area (Å²) in [6.45, 7) is 1.98. The second-order valence-electron chi connectivity index (χ2n) is 4.42. The molecule has 96 valence electrons. The van der Waals surface area contributed by atoms with Crippen molar-refractivity contribution in [1.82, 2.24) is 30.0 Å². The second-order valence-corrected chi connectivity index (χ2v) is 4.42. The monoisotopic (exact) mass is 255 g/mol. The van der Waals surface area contributed by atoms with E-state index in [0.717, 1.165) is 16.8 Å². The molecule has 0 saturated carbocycles. The molecule has 3 aromatic rings. The van der Waals surface area contributed by atoms with Crippen LogP contribution in [0.5, 0.6) is 0 Å². The number of nitrogen functional groups attached to an aromatic ring is 1. The maximum absolute atomic E-state index is 5.86. The molecule has 0 aliphatic heterocycles. The summed E-state index contributed by atoms with van der Waals surface area (Å²) >= 11 is 0. The molecule has 0 aliphatic carbocycles. The largest absolute Gasteiger partial charge is 0.399 e. The summed E-state index contributed by atoms with van der Waals surface area (Å²) in [5.41, 5.74) is 9.31. The highest BCUT2D eigenvalue weighted by atomic mass is 15.5. The molecule has 1 aromatic carbocycles. The van der Waals surface area contributed by atoms with Crippen molar-refractivity contribution in [2.24, 2.45) is 7.05 Å². The lowest BCUT2D eigenvalue weighted by molar-refractivity contribution is 0.762. The summed E-state index contributed by atoms with van der Waals surface area (Å²) in [5.74, 6) is 0.642. The Balaban J connectivity index is 2.14. The Hall–Kier alpha value is -2.70. The number of aromatic nitrogens is 6. The summed E-state index contributed by atoms with van der Waals surface area (Å²) in [5, 5.41) is 15.9. The van der Waals surface area contributed by atoms with E-state index in [2.05, 4.69) is 20.6 Å². The molecule has 7 heteroatoms. The molecule has 19 heavy (non-hydrogen) atoms. The van der Waals surface area contributed by atoms with Crippen LogP contribution in [-0.4, -0.2) is 30.0 Å². The van der Waals surface area contributed by atoms with E-state index in [4.69, 9.17) is 5.73 Å². The maximum Gasteiger partial charge on any atom is 0.187 e. The Morgan fingerprint density at radius 1 is 1.21 bits per heavy atom. The van der Waals surface area contributed by atoms with Gasteiger partial charge in [-0.05, 0) is 41.1 Å². The van der Waals surface area contributed by atoms with Crippen LogP contribution < -0.4 is 5.73 Å². The average Bonchev–Trinajstić information content (AvgIpc) is 2.95. The number of nitrogens with two attached hydrogens (primary N) is 1. The van der Waals surface area contributed by atoms with Crippen molar-refractivity contribution in [2.45, 2.75) is 6.92 Å². The smallest absolute Gasteiger partial charge is 0.187 e. The summed E-state index contributed by atoms with van der Waals surface area (Å²) in [6.07, 6.45) is 3.55. The fraction of sp³-hybridized carbons (Fsp3) is 0.167. The van der Waals surface area contributed by atoms with Crippen LogP contribution in [0.25, 0.3) is 17.1 Å². The molecule has 2 N–H and O–H groups in total. The summed E-state index contributed by atoms with van der Waals surface area (Å²) < 4.78 is 3.34. The van der Waals surface area contributed by atoms with E-state index < -0.39 is 0 Å². The zero-order chi connectivity index (χ0) is 13.4. The zero-order valence-corrected chi connectivity index (χ0v) is 10.6. The minimum Gasteiger partial charge on any atom is -0.399 e. The van der Waals surface area contributed by atoms with Crippen LogP contribution >= 0.6 is 0 Å². The molecule has 3 rings (SSSR count). The minimum absolute atomic E-state index is 0.642. The topological polar surface area (TPSA) is 87.4 Å². The second kappa shape index (κ2) is 4.20. The molecular formula is C12H13N7. The quantitative estimate of drug-likeness (QED) is 0.689. The van der Waals surface area contributed by atoms with E-state index in [9.17, 15) is 0 Å². The number of aryl methyl sites for hydroxylation is 2. The lowest BCUT2D eigenvalue weighted by Crippen LogP contribution is -1.99. The summed E-state index contributed by atoms with van der Waals surface area (Å²) in [6, 6.07) is 5.75. The van der Waals surface area contributed by atoms with E-state index in [1.54, 1.807) is 15.6 Å². The number of rotatable bonds is 2. The standard InChI is InChI=1S/C12H13N7/c1-8-3-9(5-10(13)4-8)12-15-16-17-19(12)11-6-14-18(2)7-11/h3-7H,13H2,1-2H3. The van der Waals surface area contributed by atoms with Gasteiger partial charge in [0.2, 0.25) is 0 Å². The van der Waals surface area contributed by atoms with Crippen LogP contribution in [0, 0.1) is 6.92 Å². The van der Waals surface area contributed by atoms with Crippen molar-refractivity contribution in [2.75, 3.05) is 5.73 Å². The van der Waals surface area contributed by atoms with Gasteiger partial charge < -0.3 is 5.73 Å². The summed E-state index contributed by atoms with van der Waals surface area (Å²) in [4.78, 5) is 0. The van der Waals surface area contributed by atoms with Gasteiger partial charge in [0.15, 0.2) is 5.82 Å². The molecule has 0 saturated heterocycles. The van der Waals surface area contributed by atoms with Crippen LogP contribution in [0.15, 0.2) is 30.6 Å². The number of benzene rings is 1. The normalized spacial score (nSPS) is 10.8. The first kappa shape index (κ1) is 11.4. The predicted octanol–water partition coefficient (Wildman–Crippen LogP) is 0.953. The van der Waals surface area contributed by atoms with Crippen LogP contribution in [0.4, 0.5) is 5.69 Å². The van der Waals surface area contributed by atoms with Crippen LogP contribution in [0.3, 0.4) is 0 Å². The van der Waals surface area contributed by atoms with Gasteiger partial charge in [-0.1, -0.05) is 0 Å². The van der Waals surface area contributed by atoms with Crippen molar-refractivity contribution >= 4 is 5.69 Å². The number of anilines is 1. The molecule has 0 bridgehead atoms. The highest BCUT2D eigenvalue weighted by Crippen LogP contribution is 2.22. The highest BCUT2D eigenvalue weighted by molar-refractivity contribution is 5.63. The van der Waals surface area contributed by atoms with Crippen molar-refractivity contribution in [3.05, 3.63) is 36.2 Å². The van der Waals surface area contributed by atoms with Crippen LogP contribution in [-0.2, 0) is 7.05 Å². The molecule has 0 amide bonds. The van der Waals surface area contributed by atoms with Gasteiger partial charge in [-0.2, -0.15) is 9.78 Å². The van der Waals surface area contributed by atoms with Crippen molar-refractivity contribution in [1.29, 1.82) is 0 Å². The number of nitrogens with zero attached hydrogens (tertiary/aromatic N) is 6. The minimum atomic E-state index is 0.642. The lowest BCUT2D eigenvalue weighted by Gasteiger charge is -2.04. The van der Waals surface area contributed by atoms with E-state index in [1.807, 2.05) is 38.4 Å². The molecule has 0 unspecified atom stereocenters. The fourth-order valence-electron chi connectivity index (χ4n) is 2.00. The van der Waals surface area contributed by atoms with Crippen molar-refractivity contribution < 1.29 is 0 Å². The van der Waals surface area contributed by atoms with Gasteiger partial charge in [0.25, 0.3) is 0 Å². The molecule has 2 aromatic heterocycles. The first-order valence-corrected chi connectivity index (χ1v) is 5.78. The third-order valence-electron chi connectivity index (χ3n) is 2.76. The van der Waals surface area contributed by atoms with Gasteiger partial charge in [-0.15, -0.1) is 5.10 Å². The Morgan fingerprint density at radius 3 is 2.74 bits per heavy atom. The van der Waals surface area contributed by atoms with Crippen LogP contribution in [0.1, 0.15) is 5.56 Å². The molecule has 0 radical (unpaired) electrons. The van der Waals surface area contributed by atoms with Crippen LogP contribution in [0.2, 0.25) is 0 Å². The Bertz CT molecular complexity index is 705. The van der Waals surface area contributed by atoms with Crippen molar-refractivity contribution in [3.8, 4) is 17.1 Å². The highest BCUT2D eigenvalue weighted by Gasteiger charge is 2.12. The average molecular weight is 255 g/mol. The van der Waals surface area contributed by atoms with Crippen molar-refractivity contribution in [3.63, 3.8) is 0 Å². The Labute approximate surface area is 109 Å². The van der Waals surface area contributed by atoms with Gasteiger partial charge in [0.1, 0.15) is 5.69 Å². The molecular weight excluding hydrogens is 242 g/mol. The van der Waals surface area contributed by atoms with Gasteiger partial charge in [0.05, 0.1) is 12.4 Å². The van der Waals surface area contributed by atoms with E-state index in [1.165, 1.54) is 0 Å². The zero-order valence-electron chi connectivity index (χ0n) is 10.6. The van der Waals surface area contributed by atoms with E-state index in [-0.39, 0.29) is 0 Å². The molecule has 7 nitrogen and oxygen atoms in total. The molecule has 0 atom stereocenters. The first-order valence-electron chi connectivity index (χ1n) is 5.78. The number of tetrazole rings is 1. The van der Waals surface area contributed by atoms with Gasteiger partial charge in [0, 0.05) is 18.3 Å². The first-order chi connectivity index (χ1) is 9.13. The third kappa shape index (κ3) is 2.05. The Morgan fingerprint density at radius 2 is 2.05 bits per heavy atom. The van der Waals surface area contributed by atoms with Gasteiger partial charge in [-0.3, -0.25) is 4.68 Å². The molecule has 0 spiro atoms. The SMILES string of the molecule is Cc1cc(N)cc(-c2nnnn2-c2cnn(C)c2)c1. The number of hydrogen-bond acceptors (Lipinski definition) is 5. The fourth-order valence-corrected chi connectivity index (χ4v) is 2.00. The third-order valence-corrected chi connectivity index (χ3v) is 2.76. The lowest BCUT2D eigenvalue weighted by atomic mass is 10.1.